The fraction of sp³-hybridized carbons (Fsp3) is 0.111. The molecule has 0 aromatic heterocycles. The predicted molar refractivity (Wildman–Crippen MR) is 66.2 cm³/mol. The second kappa shape index (κ2) is 5.81. The first-order valence-electron chi connectivity index (χ1n) is 3.47. The third kappa shape index (κ3) is 3.81. The third-order valence-electron chi connectivity index (χ3n) is 1.52. The monoisotopic (exact) mass is 325 g/mol. The van der Waals surface area contributed by atoms with E-state index >= 15 is 0 Å². The average Bonchev–Trinajstić information content (AvgIpc) is 2.01. The average molecular weight is 327 g/mol. The van der Waals surface area contributed by atoms with Gasteiger partial charge < -0.3 is 5.73 Å². The lowest BCUT2D eigenvalue weighted by atomic mass is 10.1. The molecule has 0 fully saturated rings. The molecule has 4 heteroatoms. The maximum Gasteiger partial charge on any atom is 0.0479 e. The van der Waals surface area contributed by atoms with Gasteiger partial charge in [-0.05, 0) is 23.8 Å². The maximum absolute atomic E-state index is 5.77. The first-order chi connectivity index (χ1) is 5.63. The van der Waals surface area contributed by atoms with Crippen molar-refractivity contribution in [3.8, 4) is 0 Å². The third-order valence-corrected chi connectivity index (χ3v) is 2.44. The minimum atomic E-state index is -0.0983. The van der Waals surface area contributed by atoms with Crippen molar-refractivity contribution in [2.75, 3.05) is 0 Å². The first kappa shape index (κ1) is 13.2. The van der Waals surface area contributed by atoms with E-state index < -0.39 is 0 Å². The van der Waals surface area contributed by atoms with Crippen molar-refractivity contribution in [2.45, 2.75) is 6.04 Å². The standard InChI is InChI=1S/C9H9Br2N.ClH/c1-2-9(12)6-3-7(10)5-8(11)4-6;/h2-5,9H,1,12H2;1H/t9-;/m1./s1. The van der Waals surface area contributed by atoms with Gasteiger partial charge in [0.25, 0.3) is 0 Å². The predicted octanol–water partition coefficient (Wildman–Crippen LogP) is 3.82. The zero-order valence-electron chi connectivity index (χ0n) is 6.84. The van der Waals surface area contributed by atoms with Crippen LogP contribution in [0.1, 0.15) is 11.6 Å². The smallest absolute Gasteiger partial charge is 0.0479 e. The van der Waals surface area contributed by atoms with Gasteiger partial charge in [0.15, 0.2) is 0 Å². The Hall–Kier alpha value is 0.170. The molecule has 0 aliphatic rings. The number of rotatable bonds is 2. The fourth-order valence-electron chi connectivity index (χ4n) is 0.904. The van der Waals surface area contributed by atoms with Crippen molar-refractivity contribution >= 4 is 44.3 Å². The van der Waals surface area contributed by atoms with Crippen LogP contribution in [-0.2, 0) is 0 Å². The summed E-state index contributed by atoms with van der Waals surface area (Å²) in [5.74, 6) is 0. The van der Waals surface area contributed by atoms with Gasteiger partial charge in [0, 0.05) is 15.0 Å². The highest BCUT2D eigenvalue weighted by atomic mass is 79.9. The molecular weight excluding hydrogens is 317 g/mol. The van der Waals surface area contributed by atoms with Gasteiger partial charge in [0.1, 0.15) is 0 Å². The molecule has 72 valence electrons. The zero-order valence-corrected chi connectivity index (χ0v) is 10.8. The highest BCUT2D eigenvalue weighted by Crippen LogP contribution is 2.23. The lowest BCUT2D eigenvalue weighted by Gasteiger charge is -2.07. The number of nitrogens with two attached hydrogens (primary N) is 1. The molecule has 0 bridgehead atoms. The number of benzene rings is 1. The summed E-state index contributed by atoms with van der Waals surface area (Å²) in [7, 11) is 0. The Morgan fingerprint density at radius 3 is 2.08 bits per heavy atom. The van der Waals surface area contributed by atoms with Gasteiger partial charge in [0.05, 0.1) is 0 Å². The molecule has 0 saturated carbocycles. The lowest BCUT2D eigenvalue weighted by molar-refractivity contribution is 0.912. The van der Waals surface area contributed by atoms with Crippen molar-refractivity contribution in [1.29, 1.82) is 0 Å². The molecule has 0 aliphatic carbocycles. The Morgan fingerprint density at radius 2 is 1.69 bits per heavy atom. The van der Waals surface area contributed by atoms with E-state index in [-0.39, 0.29) is 18.4 Å². The van der Waals surface area contributed by atoms with Gasteiger partial charge in [0.2, 0.25) is 0 Å². The van der Waals surface area contributed by atoms with Gasteiger partial charge in [-0.2, -0.15) is 0 Å². The van der Waals surface area contributed by atoms with Gasteiger partial charge in [-0.25, -0.2) is 0 Å². The molecule has 1 aromatic rings. The van der Waals surface area contributed by atoms with E-state index in [4.69, 9.17) is 5.73 Å². The summed E-state index contributed by atoms with van der Waals surface area (Å²) >= 11 is 6.78. The largest absolute Gasteiger partial charge is 0.321 e. The number of hydrogen-bond donors (Lipinski definition) is 1. The second-order valence-corrected chi connectivity index (χ2v) is 4.30. The summed E-state index contributed by atoms with van der Waals surface area (Å²) in [6.07, 6.45) is 1.72. The summed E-state index contributed by atoms with van der Waals surface area (Å²) < 4.78 is 2.04. The van der Waals surface area contributed by atoms with E-state index in [0.717, 1.165) is 14.5 Å². The Bertz CT molecular complexity index is 281. The molecule has 13 heavy (non-hydrogen) atoms. The van der Waals surface area contributed by atoms with Crippen LogP contribution in [0.3, 0.4) is 0 Å². The van der Waals surface area contributed by atoms with Crippen LogP contribution in [-0.4, -0.2) is 0 Å². The summed E-state index contributed by atoms with van der Waals surface area (Å²) in [6, 6.07) is 5.84. The summed E-state index contributed by atoms with van der Waals surface area (Å²) in [4.78, 5) is 0. The molecule has 0 heterocycles. The number of hydrogen-bond acceptors (Lipinski definition) is 1. The van der Waals surface area contributed by atoms with Crippen molar-refractivity contribution in [3.63, 3.8) is 0 Å². The maximum atomic E-state index is 5.77. The topological polar surface area (TPSA) is 26.0 Å². The lowest BCUT2D eigenvalue weighted by Crippen LogP contribution is -2.06. The van der Waals surface area contributed by atoms with E-state index in [2.05, 4.69) is 38.4 Å². The summed E-state index contributed by atoms with van der Waals surface area (Å²) in [5, 5.41) is 0. The molecule has 1 rings (SSSR count). The molecule has 0 amide bonds. The van der Waals surface area contributed by atoms with E-state index in [1.165, 1.54) is 0 Å². The fourth-order valence-corrected chi connectivity index (χ4v) is 2.23. The van der Waals surface area contributed by atoms with Crippen molar-refractivity contribution in [3.05, 3.63) is 45.4 Å². The molecule has 0 unspecified atom stereocenters. The first-order valence-corrected chi connectivity index (χ1v) is 5.06. The second-order valence-electron chi connectivity index (χ2n) is 2.46. The minimum absolute atomic E-state index is 0. The Kier molecular flexibility index (Phi) is 5.88. The Morgan fingerprint density at radius 1 is 1.23 bits per heavy atom. The van der Waals surface area contributed by atoms with Crippen LogP contribution in [0.15, 0.2) is 39.8 Å². The van der Waals surface area contributed by atoms with Gasteiger partial charge in [-0.15, -0.1) is 19.0 Å². The molecule has 0 saturated heterocycles. The summed E-state index contributed by atoms with van der Waals surface area (Å²) in [6.45, 7) is 3.64. The molecule has 1 nitrogen and oxygen atoms in total. The van der Waals surface area contributed by atoms with Crippen LogP contribution in [0.5, 0.6) is 0 Å². The van der Waals surface area contributed by atoms with Gasteiger partial charge >= 0.3 is 0 Å². The summed E-state index contributed by atoms with van der Waals surface area (Å²) in [5.41, 5.74) is 6.82. The van der Waals surface area contributed by atoms with E-state index in [1.54, 1.807) is 6.08 Å². The van der Waals surface area contributed by atoms with Crippen LogP contribution in [0.2, 0.25) is 0 Å². The highest BCUT2D eigenvalue weighted by Gasteiger charge is 2.02. The van der Waals surface area contributed by atoms with Gasteiger partial charge in [-0.3, -0.25) is 0 Å². The molecule has 1 atom stereocenters. The molecule has 2 N–H and O–H groups in total. The van der Waals surface area contributed by atoms with Crippen molar-refractivity contribution in [2.24, 2.45) is 5.73 Å². The van der Waals surface area contributed by atoms with E-state index in [9.17, 15) is 0 Å². The van der Waals surface area contributed by atoms with Crippen LogP contribution in [0.25, 0.3) is 0 Å². The Balaban J connectivity index is 0.00000144. The SMILES string of the molecule is C=C[C@@H](N)c1cc(Br)cc(Br)c1.Cl. The molecule has 0 spiro atoms. The quantitative estimate of drug-likeness (QED) is 0.821. The molecule has 0 aliphatic heterocycles. The van der Waals surface area contributed by atoms with Crippen LogP contribution >= 0.6 is 44.3 Å². The van der Waals surface area contributed by atoms with E-state index in [0.29, 0.717) is 0 Å². The molecule has 1 aromatic carbocycles. The highest BCUT2D eigenvalue weighted by molar-refractivity contribution is 9.11. The normalized spacial score (nSPS) is 11.6. The van der Waals surface area contributed by atoms with Crippen LogP contribution in [0, 0.1) is 0 Å². The molecule has 0 radical (unpaired) electrons. The zero-order chi connectivity index (χ0) is 9.14. The molecular formula is C9H10Br2ClN. The van der Waals surface area contributed by atoms with Crippen LogP contribution in [0.4, 0.5) is 0 Å². The van der Waals surface area contributed by atoms with Gasteiger partial charge in [-0.1, -0.05) is 37.9 Å². The van der Waals surface area contributed by atoms with E-state index in [1.807, 2.05) is 18.2 Å². The minimum Gasteiger partial charge on any atom is -0.321 e. The van der Waals surface area contributed by atoms with Crippen molar-refractivity contribution < 1.29 is 0 Å². The number of halogens is 3. The van der Waals surface area contributed by atoms with Crippen molar-refractivity contribution in [1.82, 2.24) is 0 Å². The van der Waals surface area contributed by atoms with Crippen LogP contribution < -0.4 is 5.73 Å². The Labute approximate surface area is 101 Å².